The van der Waals surface area contributed by atoms with E-state index < -0.39 is 0 Å². The average Bonchev–Trinajstić information content (AvgIpc) is 3.07. The molecule has 2 aliphatic rings. The number of hydrogen-bond donors (Lipinski definition) is 0. The van der Waals surface area contributed by atoms with Crippen molar-refractivity contribution < 1.29 is 4.79 Å². The number of carbonyl (C=O) groups excluding carboxylic acids is 1. The minimum absolute atomic E-state index is 0.0606. The fourth-order valence-electron chi connectivity index (χ4n) is 4.05. The highest BCUT2D eigenvalue weighted by Gasteiger charge is 2.42. The van der Waals surface area contributed by atoms with Crippen molar-refractivity contribution in [1.29, 1.82) is 0 Å². The van der Waals surface area contributed by atoms with Crippen molar-refractivity contribution in [1.82, 2.24) is 24.6 Å². The molecule has 1 fully saturated rings. The number of hydrogen-bond acceptors (Lipinski definition) is 4. The molecule has 2 atom stereocenters. The van der Waals surface area contributed by atoms with Crippen LogP contribution in [0.1, 0.15) is 60.3 Å². The quantitative estimate of drug-likeness (QED) is 0.850. The number of rotatable bonds is 2. The second kappa shape index (κ2) is 5.69. The van der Waals surface area contributed by atoms with Crippen molar-refractivity contribution in [3.05, 3.63) is 41.2 Å². The number of fused-ring (bicyclic) bond motifs is 3. The molecule has 0 N–H and O–H groups in total. The first-order valence-electron chi connectivity index (χ1n) is 8.72. The highest BCUT2D eigenvalue weighted by Crippen LogP contribution is 2.33. The van der Waals surface area contributed by atoms with Gasteiger partial charge in [-0.15, -0.1) is 10.2 Å². The summed E-state index contributed by atoms with van der Waals surface area (Å²) >= 11 is 0. The molecular formula is C18H23N5O. The zero-order valence-electron chi connectivity index (χ0n) is 14.4. The number of nitrogens with zero attached hydrogens (tertiary/aromatic N) is 5. The van der Waals surface area contributed by atoms with Crippen LogP contribution in [0.25, 0.3) is 0 Å². The Morgan fingerprint density at radius 2 is 2.04 bits per heavy atom. The summed E-state index contributed by atoms with van der Waals surface area (Å²) in [5.74, 6) is 2.44. The van der Waals surface area contributed by atoms with Gasteiger partial charge in [-0.3, -0.25) is 9.78 Å². The van der Waals surface area contributed by atoms with E-state index in [0.29, 0.717) is 11.6 Å². The molecule has 4 heterocycles. The van der Waals surface area contributed by atoms with E-state index in [4.69, 9.17) is 0 Å². The minimum Gasteiger partial charge on any atom is -0.329 e. The molecule has 0 saturated carbocycles. The average molecular weight is 325 g/mol. The minimum atomic E-state index is 0.0606. The lowest BCUT2D eigenvalue weighted by molar-refractivity contribution is 0.0658. The Kier molecular flexibility index (Phi) is 3.62. The van der Waals surface area contributed by atoms with Gasteiger partial charge in [0, 0.05) is 31.1 Å². The topological polar surface area (TPSA) is 63.9 Å². The van der Waals surface area contributed by atoms with Gasteiger partial charge in [0.2, 0.25) is 0 Å². The van der Waals surface area contributed by atoms with Crippen molar-refractivity contribution in [3.63, 3.8) is 0 Å². The van der Waals surface area contributed by atoms with Gasteiger partial charge in [0.1, 0.15) is 17.3 Å². The van der Waals surface area contributed by atoms with Crippen LogP contribution >= 0.6 is 0 Å². The van der Waals surface area contributed by atoms with Gasteiger partial charge in [-0.05, 0) is 31.4 Å². The lowest BCUT2D eigenvalue weighted by Gasteiger charge is -2.28. The Morgan fingerprint density at radius 3 is 2.79 bits per heavy atom. The maximum Gasteiger partial charge on any atom is 0.273 e. The third-order valence-electron chi connectivity index (χ3n) is 5.25. The van der Waals surface area contributed by atoms with E-state index in [9.17, 15) is 4.79 Å². The maximum atomic E-state index is 13.1. The molecule has 24 heavy (non-hydrogen) atoms. The fourth-order valence-corrected chi connectivity index (χ4v) is 4.05. The highest BCUT2D eigenvalue weighted by molar-refractivity contribution is 5.94. The normalized spacial score (nSPS) is 22.6. The highest BCUT2D eigenvalue weighted by atomic mass is 16.2. The Balaban J connectivity index is 1.68. The van der Waals surface area contributed by atoms with E-state index in [1.54, 1.807) is 6.20 Å². The Hall–Kier alpha value is -2.24. The SMILES string of the molecule is Cc1cccnc1C(=O)N1C2CCC1Cn1c(nnc1C(C)C)C2. The largest absolute Gasteiger partial charge is 0.329 e. The standard InChI is InChI=1S/C18H23N5O/c1-11(2)17-21-20-15-9-13-6-7-14(10-22(15)17)23(13)18(24)16-12(3)5-4-8-19-16/h4-5,8,11,13-14H,6-7,9-10H2,1-3H3. The molecule has 0 spiro atoms. The fraction of sp³-hybridized carbons (Fsp3) is 0.556. The Labute approximate surface area is 141 Å². The third kappa shape index (κ3) is 2.32. The molecule has 1 amide bonds. The summed E-state index contributed by atoms with van der Waals surface area (Å²) in [6.45, 7) is 7.02. The van der Waals surface area contributed by atoms with E-state index in [0.717, 1.165) is 43.0 Å². The van der Waals surface area contributed by atoms with Crippen LogP contribution in [0.3, 0.4) is 0 Å². The lowest BCUT2D eigenvalue weighted by atomic mass is 10.1. The van der Waals surface area contributed by atoms with E-state index in [1.807, 2.05) is 19.1 Å². The van der Waals surface area contributed by atoms with Crippen molar-refractivity contribution in [2.75, 3.05) is 0 Å². The predicted molar refractivity (Wildman–Crippen MR) is 89.8 cm³/mol. The first-order valence-corrected chi connectivity index (χ1v) is 8.72. The number of carbonyl (C=O) groups is 1. The van der Waals surface area contributed by atoms with Crippen LogP contribution in [0.4, 0.5) is 0 Å². The molecule has 2 aromatic heterocycles. The van der Waals surface area contributed by atoms with Gasteiger partial charge in [-0.25, -0.2) is 0 Å². The summed E-state index contributed by atoms with van der Waals surface area (Å²) in [4.78, 5) is 19.5. The molecule has 2 bridgehead atoms. The van der Waals surface area contributed by atoms with Crippen LogP contribution in [-0.2, 0) is 13.0 Å². The molecule has 6 heteroatoms. The molecule has 0 aliphatic carbocycles. The van der Waals surface area contributed by atoms with Crippen LogP contribution in [0, 0.1) is 6.92 Å². The van der Waals surface area contributed by atoms with Gasteiger partial charge in [-0.1, -0.05) is 19.9 Å². The van der Waals surface area contributed by atoms with Gasteiger partial charge in [0.15, 0.2) is 0 Å². The molecule has 0 aromatic carbocycles. The number of amides is 1. The maximum absolute atomic E-state index is 13.1. The van der Waals surface area contributed by atoms with Crippen LogP contribution in [0.15, 0.2) is 18.3 Å². The van der Waals surface area contributed by atoms with Crippen molar-refractivity contribution in [3.8, 4) is 0 Å². The van der Waals surface area contributed by atoms with Crippen LogP contribution in [0.2, 0.25) is 0 Å². The molecule has 126 valence electrons. The van der Waals surface area contributed by atoms with Gasteiger partial charge < -0.3 is 9.47 Å². The first-order chi connectivity index (χ1) is 11.6. The lowest BCUT2D eigenvalue weighted by Crippen LogP contribution is -2.42. The van der Waals surface area contributed by atoms with Crippen LogP contribution in [0.5, 0.6) is 0 Å². The zero-order valence-corrected chi connectivity index (χ0v) is 14.4. The smallest absolute Gasteiger partial charge is 0.273 e. The van der Waals surface area contributed by atoms with Crippen molar-refractivity contribution in [2.45, 2.75) is 64.6 Å². The summed E-state index contributed by atoms with van der Waals surface area (Å²) in [7, 11) is 0. The molecule has 2 unspecified atom stereocenters. The predicted octanol–water partition coefficient (Wildman–Crippen LogP) is 2.33. The molecular weight excluding hydrogens is 302 g/mol. The van der Waals surface area contributed by atoms with Gasteiger partial charge in [0.25, 0.3) is 5.91 Å². The number of aromatic nitrogens is 4. The molecule has 2 aliphatic heterocycles. The van der Waals surface area contributed by atoms with E-state index >= 15 is 0 Å². The van der Waals surface area contributed by atoms with Crippen LogP contribution < -0.4 is 0 Å². The molecule has 0 radical (unpaired) electrons. The molecule has 2 aromatic rings. The number of pyridine rings is 1. The summed E-state index contributed by atoms with van der Waals surface area (Å²) in [5, 5.41) is 8.78. The summed E-state index contributed by atoms with van der Waals surface area (Å²) in [6.07, 6.45) is 4.56. The van der Waals surface area contributed by atoms with E-state index in [-0.39, 0.29) is 18.0 Å². The van der Waals surface area contributed by atoms with E-state index in [2.05, 4.69) is 38.5 Å². The van der Waals surface area contributed by atoms with Gasteiger partial charge in [0.05, 0.1) is 6.04 Å². The Bertz CT molecular complexity index is 781. The van der Waals surface area contributed by atoms with Crippen molar-refractivity contribution in [2.24, 2.45) is 0 Å². The van der Waals surface area contributed by atoms with Gasteiger partial charge in [-0.2, -0.15) is 0 Å². The summed E-state index contributed by atoms with van der Waals surface area (Å²) in [6, 6.07) is 4.23. The molecule has 6 nitrogen and oxygen atoms in total. The second-order valence-electron chi connectivity index (χ2n) is 7.21. The van der Waals surface area contributed by atoms with Crippen LogP contribution in [-0.4, -0.2) is 42.6 Å². The monoisotopic (exact) mass is 325 g/mol. The third-order valence-corrected chi connectivity index (χ3v) is 5.25. The second-order valence-corrected chi connectivity index (χ2v) is 7.21. The molecule has 1 saturated heterocycles. The first kappa shape index (κ1) is 15.3. The summed E-state index contributed by atoms with van der Waals surface area (Å²) < 4.78 is 2.24. The number of aryl methyl sites for hydroxylation is 1. The van der Waals surface area contributed by atoms with Gasteiger partial charge >= 0.3 is 0 Å². The Morgan fingerprint density at radius 1 is 1.25 bits per heavy atom. The molecule has 4 rings (SSSR count). The zero-order chi connectivity index (χ0) is 16.8. The summed E-state index contributed by atoms with van der Waals surface area (Å²) in [5.41, 5.74) is 1.52. The van der Waals surface area contributed by atoms with E-state index in [1.165, 1.54) is 0 Å². The van der Waals surface area contributed by atoms with Crippen molar-refractivity contribution >= 4 is 5.91 Å².